The molecule has 0 aliphatic heterocycles. The average Bonchev–Trinajstić information content (AvgIpc) is 3.25. The standard InChI is InChI=1S/C24H33ClN4O3S/c1-29(2)12-6-9-19-15-27-23(16-26-19)28-24(30)20(13-17-7-4-5-8-17)18-10-11-22(21(25)14-18)33(3,31)32/h10-11,14-17,20H,4-9,12-13H2,1-3H3,(H,27,28,30). The van der Waals surface area contributed by atoms with E-state index in [-0.39, 0.29) is 15.8 Å². The van der Waals surface area contributed by atoms with Crippen molar-refractivity contribution in [1.29, 1.82) is 0 Å². The highest BCUT2D eigenvalue weighted by molar-refractivity contribution is 7.90. The molecular weight excluding hydrogens is 460 g/mol. The van der Waals surface area contributed by atoms with Crippen LogP contribution in [-0.4, -0.2) is 56.1 Å². The van der Waals surface area contributed by atoms with E-state index in [0.29, 0.717) is 23.7 Å². The normalized spacial score (nSPS) is 15.7. The molecule has 1 unspecified atom stereocenters. The van der Waals surface area contributed by atoms with E-state index in [1.807, 2.05) is 14.1 Å². The van der Waals surface area contributed by atoms with Crippen LogP contribution in [0.15, 0.2) is 35.5 Å². The fourth-order valence-corrected chi connectivity index (χ4v) is 5.68. The third kappa shape index (κ3) is 7.48. The molecule has 0 saturated heterocycles. The minimum Gasteiger partial charge on any atom is -0.309 e. The lowest BCUT2D eigenvalue weighted by Gasteiger charge is -2.21. The molecular formula is C24H33ClN4O3S. The highest BCUT2D eigenvalue weighted by Gasteiger charge is 2.28. The molecule has 33 heavy (non-hydrogen) atoms. The second kappa shape index (κ2) is 11.4. The molecule has 9 heteroatoms. The molecule has 1 aliphatic rings. The van der Waals surface area contributed by atoms with Crippen molar-refractivity contribution in [3.63, 3.8) is 0 Å². The number of halogens is 1. The number of rotatable bonds is 10. The zero-order chi connectivity index (χ0) is 24.0. The first-order valence-electron chi connectivity index (χ1n) is 11.4. The Morgan fingerprint density at radius 1 is 1.21 bits per heavy atom. The van der Waals surface area contributed by atoms with Crippen LogP contribution >= 0.6 is 11.6 Å². The van der Waals surface area contributed by atoms with Crippen molar-refractivity contribution < 1.29 is 13.2 Å². The van der Waals surface area contributed by atoms with Gasteiger partial charge in [-0.3, -0.25) is 9.78 Å². The predicted molar refractivity (Wildman–Crippen MR) is 131 cm³/mol. The Labute approximate surface area is 201 Å². The molecule has 2 aromatic rings. The minimum absolute atomic E-state index is 0.0728. The van der Waals surface area contributed by atoms with Crippen LogP contribution in [0.2, 0.25) is 5.02 Å². The number of sulfone groups is 1. The summed E-state index contributed by atoms with van der Waals surface area (Å²) in [5, 5.41) is 3.04. The van der Waals surface area contributed by atoms with Gasteiger partial charge in [-0.25, -0.2) is 13.4 Å². The van der Waals surface area contributed by atoms with Crippen LogP contribution in [-0.2, 0) is 21.1 Å². The lowest BCUT2D eigenvalue weighted by atomic mass is 9.87. The number of aromatic nitrogens is 2. The maximum Gasteiger partial charge on any atom is 0.233 e. The first-order valence-corrected chi connectivity index (χ1v) is 13.7. The fraction of sp³-hybridized carbons (Fsp3) is 0.542. The molecule has 1 heterocycles. The number of amides is 1. The van der Waals surface area contributed by atoms with E-state index in [1.165, 1.54) is 18.9 Å². The van der Waals surface area contributed by atoms with Crippen molar-refractivity contribution in [2.24, 2.45) is 5.92 Å². The van der Waals surface area contributed by atoms with Crippen LogP contribution in [0.25, 0.3) is 0 Å². The number of nitrogens with one attached hydrogen (secondary N) is 1. The topological polar surface area (TPSA) is 92.3 Å². The van der Waals surface area contributed by atoms with Gasteiger partial charge >= 0.3 is 0 Å². The molecule has 0 spiro atoms. The van der Waals surface area contributed by atoms with E-state index in [1.54, 1.807) is 24.5 Å². The maximum atomic E-state index is 13.3. The Hall–Kier alpha value is -2.03. The quantitative estimate of drug-likeness (QED) is 0.530. The van der Waals surface area contributed by atoms with Gasteiger partial charge in [-0.2, -0.15) is 0 Å². The Bertz CT molecular complexity index is 1050. The van der Waals surface area contributed by atoms with Gasteiger partial charge in [0.05, 0.1) is 33.9 Å². The Morgan fingerprint density at radius 3 is 2.52 bits per heavy atom. The van der Waals surface area contributed by atoms with Gasteiger partial charge in [0.25, 0.3) is 0 Å². The molecule has 1 aliphatic carbocycles. The number of aryl methyl sites for hydroxylation is 1. The zero-order valence-corrected chi connectivity index (χ0v) is 21.1. The SMILES string of the molecule is CN(C)CCCc1cnc(NC(=O)C(CC2CCCC2)c2ccc(S(C)(=O)=O)c(Cl)c2)cn1. The zero-order valence-electron chi connectivity index (χ0n) is 19.6. The first-order chi connectivity index (χ1) is 15.6. The van der Waals surface area contributed by atoms with Crippen LogP contribution < -0.4 is 5.32 Å². The average molecular weight is 493 g/mol. The van der Waals surface area contributed by atoms with E-state index >= 15 is 0 Å². The molecule has 0 bridgehead atoms. The van der Waals surface area contributed by atoms with E-state index in [0.717, 1.165) is 44.2 Å². The number of carbonyl (C=O) groups is 1. The molecule has 1 saturated carbocycles. The summed E-state index contributed by atoms with van der Waals surface area (Å²) in [6, 6.07) is 4.79. The van der Waals surface area contributed by atoms with Crippen LogP contribution in [0.5, 0.6) is 0 Å². The summed E-state index contributed by atoms with van der Waals surface area (Å²) in [4.78, 5) is 24.3. The first kappa shape index (κ1) is 25.6. The van der Waals surface area contributed by atoms with Gasteiger partial charge < -0.3 is 10.2 Å². The maximum absolute atomic E-state index is 13.3. The summed E-state index contributed by atoms with van der Waals surface area (Å²) in [6.45, 7) is 0.976. The van der Waals surface area contributed by atoms with Crippen molar-refractivity contribution in [3.05, 3.63) is 46.9 Å². The summed E-state index contributed by atoms with van der Waals surface area (Å²) in [5.41, 5.74) is 1.60. The van der Waals surface area contributed by atoms with Crippen molar-refractivity contribution >= 4 is 33.2 Å². The third-order valence-corrected chi connectivity index (χ3v) is 7.69. The predicted octanol–water partition coefficient (Wildman–Crippen LogP) is 4.33. The highest BCUT2D eigenvalue weighted by Crippen LogP contribution is 2.36. The number of hydrogen-bond donors (Lipinski definition) is 1. The Morgan fingerprint density at radius 2 is 1.94 bits per heavy atom. The number of nitrogens with zero attached hydrogens (tertiary/aromatic N) is 3. The van der Waals surface area contributed by atoms with Crippen molar-refractivity contribution in [2.45, 2.75) is 55.8 Å². The lowest BCUT2D eigenvalue weighted by molar-refractivity contribution is -0.118. The number of benzene rings is 1. The molecule has 1 aromatic heterocycles. The van der Waals surface area contributed by atoms with Gasteiger partial charge in [0.2, 0.25) is 5.91 Å². The minimum atomic E-state index is -3.44. The molecule has 1 fully saturated rings. The summed E-state index contributed by atoms with van der Waals surface area (Å²) in [7, 11) is 0.636. The van der Waals surface area contributed by atoms with Crippen LogP contribution in [0.3, 0.4) is 0 Å². The summed E-state index contributed by atoms with van der Waals surface area (Å²) >= 11 is 6.28. The van der Waals surface area contributed by atoms with Crippen molar-refractivity contribution in [3.8, 4) is 0 Å². The number of carbonyl (C=O) groups excluding carboxylic acids is 1. The highest BCUT2D eigenvalue weighted by atomic mass is 35.5. The summed E-state index contributed by atoms with van der Waals surface area (Å²) < 4.78 is 23.9. The van der Waals surface area contributed by atoms with Crippen LogP contribution in [0.1, 0.15) is 55.7 Å². The van der Waals surface area contributed by atoms with Gasteiger partial charge in [0.1, 0.15) is 0 Å². The molecule has 1 amide bonds. The lowest BCUT2D eigenvalue weighted by Crippen LogP contribution is -2.24. The van der Waals surface area contributed by atoms with Gasteiger partial charge in [-0.15, -0.1) is 0 Å². The molecule has 0 radical (unpaired) electrons. The molecule has 1 N–H and O–H groups in total. The Kier molecular flexibility index (Phi) is 8.84. The van der Waals surface area contributed by atoms with E-state index in [4.69, 9.17) is 11.6 Å². The van der Waals surface area contributed by atoms with Gasteiger partial charge in [0.15, 0.2) is 15.7 Å². The Balaban J connectivity index is 1.75. The number of hydrogen-bond acceptors (Lipinski definition) is 6. The molecule has 3 rings (SSSR count). The number of anilines is 1. The van der Waals surface area contributed by atoms with E-state index in [9.17, 15) is 13.2 Å². The molecule has 1 aromatic carbocycles. The van der Waals surface area contributed by atoms with E-state index < -0.39 is 15.8 Å². The van der Waals surface area contributed by atoms with Gasteiger partial charge in [-0.1, -0.05) is 43.4 Å². The van der Waals surface area contributed by atoms with Crippen molar-refractivity contribution in [2.75, 3.05) is 32.2 Å². The summed E-state index contributed by atoms with van der Waals surface area (Å²) in [6.07, 6.45) is 11.5. The second-order valence-electron chi connectivity index (χ2n) is 9.19. The van der Waals surface area contributed by atoms with Gasteiger partial charge in [-0.05, 0) is 63.5 Å². The van der Waals surface area contributed by atoms with Gasteiger partial charge in [0, 0.05) is 6.26 Å². The van der Waals surface area contributed by atoms with Crippen LogP contribution in [0.4, 0.5) is 5.82 Å². The summed E-state index contributed by atoms with van der Waals surface area (Å²) in [5.74, 6) is 0.242. The third-order valence-electron chi connectivity index (χ3n) is 6.11. The largest absolute Gasteiger partial charge is 0.309 e. The second-order valence-corrected chi connectivity index (χ2v) is 11.6. The monoisotopic (exact) mass is 492 g/mol. The van der Waals surface area contributed by atoms with Crippen LogP contribution in [0, 0.1) is 5.92 Å². The smallest absolute Gasteiger partial charge is 0.233 e. The molecule has 7 nitrogen and oxygen atoms in total. The molecule has 180 valence electrons. The van der Waals surface area contributed by atoms with Crippen molar-refractivity contribution in [1.82, 2.24) is 14.9 Å². The van der Waals surface area contributed by atoms with E-state index in [2.05, 4.69) is 20.2 Å². The molecule has 1 atom stereocenters. The fourth-order valence-electron chi connectivity index (χ4n) is 4.35.